The Labute approximate surface area is 122 Å². The van der Waals surface area contributed by atoms with Gasteiger partial charge in [-0.3, -0.25) is 4.79 Å². The van der Waals surface area contributed by atoms with Crippen molar-refractivity contribution in [2.24, 2.45) is 5.92 Å². The molecule has 1 rings (SSSR count). The van der Waals surface area contributed by atoms with E-state index in [9.17, 15) is 4.79 Å². The Bertz CT molecular complexity index is 443. The lowest BCUT2D eigenvalue weighted by Crippen LogP contribution is -2.37. The summed E-state index contributed by atoms with van der Waals surface area (Å²) in [6.45, 7) is 13.0. The second-order valence-electron chi connectivity index (χ2n) is 6.78. The monoisotopic (exact) mass is 277 g/mol. The van der Waals surface area contributed by atoms with Crippen LogP contribution in [0.5, 0.6) is 0 Å². The Morgan fingerprint density at radius 3 is 2.00 bits per heavy atom. The van der Waals surface area contributed by atoms with Gasteiger partial charge in [0.1, 0.15) is 0 Å². The molecule has 1 N–H and O–H groups in total. The summed E-state index contributed by atoms with van der Waals surface area (Å²) in [5.41, 5.74) is 2.51. The molecular weight excluding hydrogens is 250 g/mol. The van der Waals surface area contributed by atoms with E-state index < -0.39 is 5.97 Å². The Balaban J connectivity index is 2.96. The van der Waals surface area contributed by atoms with Gasteiger partial charge in [-0.25, -0.2) is 0 Å². The maximum Gasteiger partial charge on any atom is 0.308 e. The Hall–Kier alpha value is -1.51. The van der Waals surface area contributed by atoms with E-state index in [0.29, 0.717) is 6.54 Å². The van der Waals surface area contributed by atoms with Crippen molar-refractivity contribution < 1.29 is 9.90 Å². The van der Waals surface area contributed by atoms with Crippen molar-refractivity contribution in [2.45, 2.75) is 53.0 Å². The Morgan fingerprint density at radius 2 is 1.65 bits per heavy atom. The third-order valence-corrected chi connectivity index (χ3v) is 3.58. The van der Waals surface area contributed by atoms with Crippen LogP contribution >= 0.6 is 0 Å². The fourth-order valence-electron chi connectivity index (χ4n) is 2.14. The standard InChI is InChI=1S/C17H27NO2/c1-12(2)18(11-13(3)16(19)20)15-9-7-14(8-10-15)17(4,5)6/h7-10,12-13H,11H2,1-6H3,(H,19,20). The van der Waals surface area contributed by atoms with Gasteiger partial charge in [0.15, 0.2) is 0 Å². The Kier molecular flexibility index (Phi) is 5.21. The number of hydrogen-bond acceptors (Lipinski definition) is 2. The summed E-state index contributed by atoms with van der Waals surface area (Å²) in [6, 6.07) is 8.73. The van der Waals surface area contributed by atoms with Gasteiger partial charge in [0.2, 0.25) is 0 Å². The minimum absolute atomic E-state index is 0.134. The molecular formula is C17H27NO2. The highest BCUT2D eigenvalue weighted by molar-refractivity contribution is 5.70. The maximum atomic E-state index is 11.0. The smallest absolute Gasteiger partial charge is 0.308 e. The van der Waals surface area contributed by atoms with E-state index in [0.717, 1.165) is 5.69 Å². The molecule has 0 saturated heterocycles. The van der Waals surface area contributed by atoms with Crippen molar-refractivity contribution in [3.8, 4) is 0 Å². The van der Waals surface area contributed by atoms with Crippen molar-refractivity contribution in [3.63, 3.8) is 0 Å². The number of carboxylic acid groups (broad SMARTS) is 1. The highest BCUT2D eigenvalue weighted by Gasteiger charge is 2.19. The zero-order valence-corrected chi connectivity index (χ0v) is 13.5. The van der Waals surface area contributed by atoms with Gasteiger partial charge < -0.3 is 10.0 Å². The first-order valence-electron chi connectivity index (χ1n) is 7.23. The summed E-state index contributed by atoms with van der Waals surface area (Å²) < 4.78 is 0. The molecule has 0 aliphatic carbocycles. The number of nitrogens with zero attached hydrogens (tertiary/aromatic N) is 1. The zero-order chi connectivity index (χ0) is 15.5. The molecule has 3 heteroatoms. The Morgan fingerprint density at radius 1 is 1.15 bits per heavy atom. The highest BCUT2D eigenvalue weighted by atomic mass is 16.4. The van der Waals surface area contributed by atoms with E-state index in [-0.39, 0.29) is 17.4 Å². The van der Waals surface area contributed by atoms with Crippen molar-refractivity contribution in [3.05, 3.63) is 29.8 Å². The first kappa shape index (κ1) is 16.5. The molecule has 20 heavy (non-hydrogen) atoms. The van der Waals surface area contributed by atoms with Gasteiger partial charge >= 0.3 is 5.97 Å². The van der Waals surface area contributed by atoms with E-state index >= 15 is 0 Å². The number of carbonyl (C=O) groups is 1. The van der Waals surface area contributed by atoms with Crippen LogP contribution < -0.4 is 4.90 Å². The molecule has 1 aromatic carbocycles. The summed E-state index contributed by atoms with van der Waals surface area (Å²) in [4.78, 5) is 13.2. The summed E-state index contributed by atoms with van der Waals surface area (Å²) in [5.74, 6) is -1.12. The maximum absolute atomic E-state index is 11.0. The molecule has 0 fully saturated rings. The van der Waals surface area contributed by atoms with Gasteiger partial charge in [-0.2, -0.15) is 0 Å². The molecule has 0 aliphatic rings. The van der Waals surface area contributed by atoms with Crippen LogP contribution in [0.3, 0.4) is 0 Å². The largest absolute Gasteiger partial charge is 0.481 e. The molecule has 0 spiro atoms. The molecule has 0 radical (unpaired) electrons. The molecule has 0 heterocycles. The van der Waals surface area contributed by atoms with Crippen LogP contribution in [-0.4, -0.2) is 23.7 Å². The predicted molar refractivity (Wildman–Crippen MR) is 84.4 cm³/mol. The molecule has 0 amide bonds. The van der Waals surface area contributed by atoms with E-state index in [4.69, 9.17) is 5.11 Å². The molecule has 3 nitrogen and oxygen atoms in total. The number of rotatable bonds is 5. The predicted octanol–water partition coefficient (Wildman–Crippen LogP) is 3.92. The fraction of sp³-hybridized carbons (Fsp3) is 0.588. The van der Waals surface area contributed by atoms with Crippen LogP contribution in [0, 0.1) is 5.92 Å². The molecule has 1 unspecified atom stereocenters. The zero-order valence-electron chi connectivity index (χ0n) is 13.5. The third kappa shape index (κ3) is 4.26. The van der Waals surface area contributed by atoms with Crippen LogP contribution in [0.2, 0.25) is 0 Å². The van der Waals surface area contributed by atoms with E-state index in [1.54, 1.807) is 6.92 Å². The average Bonchev–Trinajstić information content (AvgIpc) is 2.34. The highest BCUT2D eigenvalue weighted by Crippen LogP contribution is 2.26. The first-order chi connectivity index (χ1) is 9.12. The quantitative estimate of drug-likeness (QED) is 0.886. The third-order valence-electron chi connectivity index (χ3n) is 3.58. The summed E-state index contributed by atoms with van der Waals surface area (Å²) in [7, 11) is 0. The van der Waals surface area contributed by atoms with Crippen LogP contribution in [-0.2, 0) is 10.2 Å². The van der Waals surface area contributed by atoms with Crippen LogP contribution in [0.1, 0.15) is 47.1 Å². The SMILES string of the molecule is CC(CN(c1ccc(C(C)(C)C)cc1)C(C)C)C(=O)O. The molecule has 1 aromatic rings. The number of aliphatic carboxylic acids is 1. The van der Waals surface area contributed by atoms with Crippen molar-refractivity contribution in [1.82, 2.24) is 0 Å². The van der Waals surface area contributed by atoms with Gasteiger partial charge in [-0.1, -0.05) is 39.8 Å². The molecule has 0 saturated carbocycles. The molecule has 1 atom stereocenters. The van der Waals surface area contributed by atoms with E-state index in [1.807, 2.05) is 0 Å². The van der Waals surface area contributed by atoms with Crippen molar-refractivity contribution in [1.29, 1.82) is 0 Å². The number of carboxylic acids is 1. The lowest BCUT2D eigenvalue weighted by molar-refractivity contribution is -0.140. The van der Waals surface area contributed by atoms with Crippen molar-refractivity contribution >= 4 is 11.7 Å². The van der Waals surface area contributed by atoms with Crippen LogP contribution in [0.4, 0.5) is 5.69 Å². The lowest BCUT2D eigenvalue weighted by Gasteiger charge is -2.31. The number of anilines is 1. The summed E-state index contributed by atoms with van der Waals surface area (Å²) >= 11 is 0. The minimum Gasteiger partial charge on any atom is -0.481 e. The van der Waals surface area contributed by atoms with Gasteiger partial charge in [-0.05, 0) is 37.0 Å². The normalized spacial score (nSPS) is 13.3. The van der Waals surface area contributed by atoms with Crippen LogP contribution in [0.25, 0.3) is 0 Å². The second-order valence-corrected chi connectivity index (χ2v) is 6.78. The molecule has 0 aliphatic heterocycles. The topological polar surface area (TPSA) is 40.5 Å². The van der Waals surface area contributed by atoms with E-state index in [2.05, 4.69) is 63.8 Å². The van der Waals surface area contributed by atoms with Gasteiger partial charge in [0, 0.05) is 18.3 Å². The fourth-order valence-corrected chi connectivity index (χ4v) is 2.14. The summed E-state index contributed by atoms with van der Waals surface area (Å²) in [5, 5.41) is 9.08. The molecule has 0 bridgehead atoms. The minimum atomic E-state index is -0.748. The van der Waals surface area contributed by atoms with Crippen molar-refractivity contribution in [2.75, 3.05) is 11.4 Å². The molecule has 112 valence electrons. The first-order valence-corrected chi connectivity index (χ1v) is 7.23. The van der Waals surface area contributed by atoms with Crippen LogP contribution in [0.15, 0.2) is 24.3 Å². The van der Waals surface area contributed by atoms with E-state index in [1.165, 1.54) is 5.56 Å². The van der Waals surface area contributed by atoms with Gasteiger partial charge in [0.25, 0.3) is 0 Å². The van der Waals surface area contributed by atoms with Gasteiger partial charge in [0.05, 0.1) is 5.92 Å². The number of benzene rings is 1. The van der Waals surface area contributed by atoms with Gasteiger partial charge in [-0.15, -0.1) is 0 Å². The number of hydrogen-bond donors (Lipinski definition) is 1. The lowest BCUT2D eigenvalue weighted by atomic mass is 9.87. The molecule has 0 aromatic heterocycles. The second kappa shape index (κ2) is 6.29. The average molecular weight is 277 g/mol. The summed E-state index contributed by atoms with van der Waals surface area (Å²) in [6.07, 6.45) is 0.